The van der Waals surface area contributed by atoms with Crippen LogP contribution in [0.5, 0.6) is 0 Å². The first kappa shape index (κ1) is 33.6. The molecule has 2 aromatic heterocycles. The van der Waals surface area contributed by atoms with Crippen molar-refractivity contribution in [3.8, 4) is 0 Å². The van der Waals surface area contributed by atoms with Crippen LogP contribution < -0.4 is 21.5 Å². The molecule has 1 unspecified atom stereocenters. The molecule has 2 aromatic rings. The van der Waals surface area contributed by atoms with E-state index in [1.54, 1.807) is 12.3 Å². The monoisotopic (exact) mass is 646 g/mol. The summed E-state index contributed by atoms with van der Waals surface area (Å²) >= 11 is 1.04. The van der Waals surface area contributed by atoms with Gasteiger partial charge in [0.1, 0.15) is 17.2 Å². The molecule has 0 aromatic carbocycles. The highest BCUT2D eigenvalue weighted by molar-refractivity contribution is 14.0. The lowest BCUT2D eigenvalue weighted by molar-refractivity contribution is -0.134. The maximum absolute atomic E-state index is 12.7. The Morgan fingerprint density at radius 2 is 2.03 bits per heavy atom. The van der Waals surface area contributed by atoms with Crippen molar-refractivity contribution >= 4 is 65.2 Å². The molecule has 37 heavy (non-hydrogen) atoms. The van der Waals surface area contributed by atoms with Gasteiger partial charge in [0, 0.05) is 24.5 Å². The van der Waals surface area contributed by atoms with Gasteiger partial charge in [0.25, 0.3) is 11.5 Å². The standard InChI is InChI=1S/C18H21N5O5S.C5H9NO.HI/c1-3-23-10-6-8-13(18(23)27)21-15(25)12(7-4-5-9-14(24)28-2)20-16(26)17-22-19-11-29-17;1-3-5(2)6-4-7;/h5-6,8-12H,3-4,7H2,1-2H3,(H,20,26)(H,21,25);4H,2-3H2,1H3,(H,6,7);1H/b9-5+;;. The van der Waals surface area contributed by atoms with E-state index in [2.05, 4.69) is 37.5 Å². The van der Waals surface area contributed by atoms with E-state index in [-0.39, 0.29) is 46.7 Å². The van der Waals surface area contributed by atoms with Crippen LogP contribution in [0.4, 0.5) is 5.69 Å². The summed E-state index contributed by atoms with van der Waals surface area (Å²) < 4.78 is 5.95. The van der Waals surface area contributed by atoms with Gasteiger partial charge in [-0.25, -0.2) is 4.79 Å². The van der Waals surface area contributed by atoms with E-state index in [4.69, 9.17) is 0 Å². The number of pyridine rings is 1. The maximum Gasteiger partial charge on any atom is 0.330 e. The Kier molecular flexibility index (Phi) is 17.1. The van der Waals surface area contributed by atoms with E-state index in [0.717, 1.165) is 23.5 Å². The van der Waals surface area contributed by atoms with Crippen molar-refractivity contribution in [1.29, 1.82) is 0 Å². The molecule has 2 heterocycles. The predicted molar refractivity (Wildman–Crippen MR) is 151 cm³/mol. The summed E-state index contributed by atoms with van der Waals surface area (Å²) in [5.41, 5.74) is 1.93. The largest absolute Gasteiger partial charge is 0.466 e. The minimum Gasteiger partial charge on any atom is -0.466 e. The Balaban J connectivity index is 0.00000142. The lowest BCUT2D eigenvalue weighted by atomic mass is 10.1. The van der Waals surface area contributed by atoms with E-state index >= 15 is 0 Å². The van der Waals surface area contributed by atoms with Gasteiger partial charge >= 0.3 is 5.97 Å². The minimum atomic E-state index is -0.955. The highest BCUT2D eigenvalue weighted by atomic mass is 127. The number of esters is 1. The van der Waals surface area contributed by atoms with Gasteiger partial charge in [-0.2, -0.15) is 0 Å². The number of methoxy groups -OCH3 is 1. The van der Waals surface area contributed by atoms with E-state index in [1.165, 1.54) is 35.4 Å². The number of aromatic nitrogens is 3. The Morgan fingerprint density at radius 1 is 1.30 bits per heavy atom. The van der Waals surface area contributed by atoms with Crippen LogP contribution in [0, 0.1) is 0 Å². The van der Waals surface area contributed by atoms with Crippen LogP contribution in [0.1, 0.15) is 42.9 Å². The summed E-state index contributed by atoms with van der Waals surface area (Å²) in [6, 6.07) is 2.19. The Labute approximate surface area is 235 Å². The third-order valence-electron chi connectivity index (χ3n) is 4.56. The fraction of sp³-hybridized carbons (Fsp3) is 0.348. The number of anilines is 1. The van der Waals surface area contributed by atoms with Crippen molar-refractivity contribution in [2.24, 2.45) is 0 Å². The first-order valence-corrected chi connectivity index (χ1v) is 11.8. The van der Waals surface area contributed by atoms with Gasteiger partial charge in [0.05, 0.1) is 7.11 Å². The molecule has 0 bridgehead atoms. The SMILES string of the molecule is C=C(CC)NC=O.CCn1cccc(NC(=O)C(CC/C=C/C(=O)OC)NC(=O)c2nncs2)c1=O.I. The van der Waals surface area contributed by atoms with Crippen LogP contribution in [-0.4, -0.2) is 52.1 Å². The van der Waals surface area contributed by atoms with Crippen LogP contribution in [0.3, 0.4) is 0 Å². The van der Waals surface area contributed by atoms with E-state index in [9.17, 15) is 24.0 Å². The summed E-state index contributed by atoms with van der Waals surface area (Å²) in [7, 11) is 1.26. The third kappa shape index (κ3) is 12.4. The number of rotatable bonds is 12. The van der Waals surface area contributed by atoms with Crippen molar-refractivity contribution in [2.45, 2.75) is 45.7 Å². The topological polar surface area (TPSA) is 161 Å². The molecule has 0 aliphatic carbocycles. The molecule has 14 heteroatoms. The van der Waals surface area contributed by atoms with Gasteiger partial charge in [-0.1, -0.05) is 30.9 Å². The summed E-state index contributed by atoms with van der Waals surface area (Å²) in [6.45, 7) is 7.72. The highest BCUT2D eigenvalue weighted by Gasteiger charge is 2.23. The zero-order valence-corrected chi connectivity index (χ0v) is 23.9. The first-order valence-electron chi connectivity index (χ1n) is 11.0. The van der Waals surface area contributed by atoms with Crippen molar-refractivity contribution in [3.05, 3.63) is 63.6 Å². The van der Waals surface area contributed by atoms with Crippen molar-refractivity contribution in [3.63, 3.8) is 0 Å². The second-order valence-corrected chi connectivity index (χ2v) is 7.83. The molecule has 0 saturated carbocycles. The molecular formula is C23H31IN6O6S. The number of halogens is 1. The second kappa shape index (κ2) is 18.8. The second-order valence-electron chi connectivity index (χ2n) is 6.99. The van der Waals surface area contributed by atoms with Gasteiger partial charge in [-0.05, 0) is 38.3 Å². The van der Waals surface area contributed by atoms with Crippen molar-refractivity contribution in [2.75, 3.05) is 12.4 Å². The fourth-order valence-electron chi connectivity index (χ4n) is 2.56. The number of ether oxygens (including phenoxy) is 1. The quantitative estimate of drug-likeness (QED) is 0.137. The number of amides is 3. The highest BCUT2D eigenvalue weighted by Crippen LogP contribution is 2.08. The molecule has 1 atom stereocenters. The number of nitrogens with one attached hydrogen (secondary N) is 3. The fourth-order valence-corrected chi connectivity index (χ4v) is 3.01. The molecule has 202 valence electrons. The normalized spacial score (nSPS) is 10.7. The van der Waals surface area contributed by atoms with Crippen LogP contribution in [0.15, 0.2) is 53.1 Å². The van der Waals surface area contributed by atoms with Gasteiger partial charge in [-0.3, -0.25) is 19.2 Å². The Bertz CT molecular complexity index is 1120. The number of carbonyl (C=O) groups is 4. The van der Waals surface area contributed by atoms with Gasteiger partial charge in [0.15, 0.2) is 0 Å². The predicted octanol–water partition coefficient (Wildman–Crippen LogP) is 2.24. The molecule has 0 fully saturated rings. The number of nitrogens with zero attached hydrogens (tertiary/aromatic N) is 3. The number of hydrogen-bond donors (Lipinski definition) is 3. The first-order chi connectivity index (χ1) is 17.3. The molecule has 0 radical (unpaired) electrons. The number of aryl methyl sites for hydroxylation is 1. The average Bonchev–Trinajstić information content (AvgIpc) is 3.42. The van der Waals surface area contributed by atoms with Crippen molar-refractivity contribution < 1.29 is 23.9 Å². The van der Waals surface area contributed by atoms with Crippen LogP contribution in [0.2, 0.25) is 0 Å². The summed E-state index contributed by atoms with van der Waals surface area (Å²) in [4.78, 5) is 58.1. The maximum atomic E-state index is 12.7. The molecule has 3 N–H and O–H groups in total. The molecule has 3 amide bonds. The van der Waals surface area contributed by atoms with E-state index in [0.29, 0.717) is 19.4 Å². The molecule has 0 aliphatic heterocycles. The smallest absolute Gasteiger partial charge is 0.330 e. The van der Waals surface area contributed by atoms with E-state index in [1.807, 2.05) is 13.8 Å². The Hall–Kier alpha value is -3.40. The molecule has 0 saturated heterocycles. The summed E-state index contributed by atoms with van der Waals surface area (Å²) in [6.07, 6.45) is 6.33. The molecule has 0 aliphatic rings. The number of hydrogen-bond acceptors (Lipinski definition) is 9. The molecule has 2 rings (SSSR count). The molecule has 12 nitrogen and oxygen atoms in total. The Morgan fingerprint density at radius 3 is 2.57 bits per heavy atom. The average molecular weight is 647 g/mol. The number of allylic oxidation sites excluding steroid dienone is 2. The lowest BCUT2D eigenvalue weighted by Gasteiger charge is -2.17. The molecule has 0 spiro atoms. The zero-order chi connectivity index (χ0) is 26.9. The van der Waals surface area contributed by atoms with Crippen molar-refractivity contribution in [1.82, 2.24) is 25.4 Å². The number of carbonyl (C=O) groups excluding carboxylic acids is 4. The lowest BCUT2D eigenvalue weighted by Crippen LogP contribution is -2.44. The van der Waals surface area contributed by atoms with E-state index < -0.39 is 23.8 Å². The summed E-state index contributed by atoms with van der Waals surface area (Å²) in [5.74, 6) is -1.63. The summed E-state index contributed by atoms with van der Waals surface area (Å²) in [5, 5.41) is 15.0. The molecular weight excluding hydrogens is 615 g/mol. The van der Waals surface area contributed by atoms with Crippen LogP contribution >= 0.6 is 35.3 Å². The zero-order valence-electron chi connectivity index (χ0n) is 20.8. The van der Waals surface area contributed by atoms with Gasteiger partial charge < -0.3 is 25.3 Å². The van der Waals surface area contributed by atoms with Crippen LogP contribution in [0.25, 0.3) is 0 Å². The van der Waals surface area contributed by atoms with Gasteiger partial charge in [0.2, 0.25) is 17.3 Å². The third-order valence-corrected chi connectivity index (χ3v) is 5.25. The van der Waals surface area contributed by atoms with Crippen LogP contribution in [-0.2, 0) is 25.7 Å². The van der Waals surface area contributed by atoms with Gasteiger partial charge in [-0.15, -0.1) is 34.2 Å². The minimum absolute atomic E-state index is 0.